The second-order valence-corrected chi connectivity index (χ2v) is 14.9. The Morgan fingerprint density at radius 1 is 1.23 bits per heavy atom. The minimum absolute atomic E-state index is 0.0394. The summed E-state index contributed by atoms with van der Waals surface area (Å²) in [4.78, 5) is 9.22. The summed E-state index contributed by atoms with van der Waals surface area (Å²) in [5.74, 6) is 2.25. The molecule has 2 N–H and O–H groups in total. The molecule has 240 valence electrons. The zero-order valence-corrected chi connectivity index (χ0v) is 27.8. The van der Waals surface area contributed by atoms with Gasteiger partial charge in [0.05, 0.1) is 35.5 Å². The third kappa shape index (κ3) is 7.54. The number of likely N-dealkylation sites (N-methyl/N-ethyl adjacent to an activating group) is 1. The van der Waals surface area contributed by atoms with Crippen molar-refractivity contribution in [2.45, 2.75) is 51.1 Å². The number of anilines is 2. The fourth-order valence-corrected chi connectivity index (χ4v) is 7.08. The van der Waals surface area contributed by atoms with Crippen molar-refractivity contribution in [2.75, 3.05) is 62.4 Å². The van der Waals surface area contributed by atoms with Gasteiger partial charge in [-0.1, -0.05) is 48.9 Å². The van der Waals surface area contributed by atoms with Crippen molar-refractivity contribution >= 4 is 33.3 Å². The van der Waals surface area contributed by atoms with Gasteiger partial charge in [-0.3, -0.25) is 4.31 Å². The first-order valence-electron chi connectivity index (χ1n) is 15.2. The summed E-state index contributed by atoms with van der Waals surface area (Å²) in [6.45, 7) is 7.03. The molecule has 3 heterocycles. The Kier molecular flexibility index (Phi) is 9.86. The predicted molar refractivity (Wildman–Crippen MR) is 173 cm³/mol. The quantitative estimate of drug-likeness (QED) is 0.273. The van der Waals surface area contributed by atoms with E-state index in [-0.39, 0.29) is 35.2 Å². The molecule has 13 heteroatoms. The molecule has 2 fully saturated rings. The van der Waals surface area contributed by atoms with Crippen LogP contribution in [0, 0.1) is 11.8 Å². The molecule has 2 unspecified atom stereocenters. The number of benzene rings is 1. The molecular formula is C31H44ClN7O4S. The van der Waals surface area contributed by atoms with E-state index in [1.807, 2.05) is 44.3 Å². The summed E-state index contributed by atoms with van der Waals surface area (Å²) >= 11 is 7.06. The first-order chi connectivity index (χ1) is 20.9. The van der Waals surface area contributed by atoms with E-state index in [4.69, 9.17) is 31.5 Å². The number of ether oxygens (including phenoxy) is 1. The molecular weight excluding hydrogens is 602 g/mol. The molecule has 5 rings (SSSR count). The third-order valence-electron chi connectivity index (χ3n) is 8.79. The number of pyridine rings is 1. The van der Waals surface area contributed by atoms with Crippen molar-refractivity contribution in [3.8, 4) is 11.5 Å². The Morgan fingerprint density at radius 2 is 1.95 bits per heavy atom. The molecule has 0 spiro atoms. The van der Waals surface area contributed by atoms with Crippen LogP contribution < -0.4 is 14.9 Å². The van der Waals surface area contributed by atoms with E-state index >= 15 is 0 Å². The van der Waals surface area contributed by atoms with Gasteiger partial charge < -0.3 is 24.7 Å². The Hall–Kier alpha value is -2.77. The SMILES string of the molecule is COCCN(CC1CC1C)c1cc(-c2nnc([C@](C)(N)Cc3ccccc3)o2)c(Cl)c(N(C[C@@H]2CCCN2C)S(C)(=O)=O)n1. The average molecular weight is 646 g/mol. The summed E-state index contributed by atoms with van der Waals surface area (Å²) < 4.78 is 39.6. The molecule has 2 aromatic heterocycles. The van der Waals surface area contributed by atoms with Crippen molar-refractivity contribution in [1.82, 2.24) is 20.1 Å². The number of rotatable bonds is 14. The topological polar surface area (TPSA) is 131 Å². The molecule has 3 aromatic rings. The van der Waals surface area contributed by atoms with Gasteiger partial charge in [0.2, 0.25) is 21.8 Å². The molecule has 1 saturated heterocycles. The Labute approximate surface area is 265 Å². The van der Waals surface area contributed by atoms with E-state index in [2.05, 4.69) is 26.9 Å². The Bertz CT molecular complexity index is 1530. The lowest BCUT2D eigenvalue weighted by Gasteiger charge is -2.31. The van der Waals surface area contributed by atoms with Crippen molar-refractivity contribution in [3.05, 3.63) is 52.9 Å². The van der Waals surface area contributed by atoms with E-state index in [1.54, 1.807) is 13.2 Å². The zero-order valence-electron chi connectivity index (χ0n) is 26.2. The predicted octanol–water partition coefficient (Wildman–Crippen LogP) is 4.17. The van der Waals surface area contributed by atoms with Gasteiger partial charge in [-0.05, 0) is 69.7 Å². The van der Waals surface area contributed by atoms with Crippen LogP contribution in [0.25, 0.3) is 11.5 Å². The highest BCUT2D eigenvalue weighted by Gasteiger charge is 2.36. The number of nitrogens with zero attached hydrogens (tertiary/aromatic N) is 6. The van der Waals surface area contributed by atoms with E-state index in [9.17, 15) is 8.42 Å². The van der Waals surface area contributed by atoms with Crippen LogP contribution in [0.5, 0.6) is 0 Å². The summed E-state index contributed by atoms with van der Waals surface area (Å²) in [5, 5.41) is 8.80. The van der Waals surface area contributed by atoms with Gasteiger partial charge in [-0.2, -0.15) is 0 Å². The molecule has 11 nitrogen and oxygen atoms in total. The molecule has 4 atom stereocenters. The molecule has 44 heavy (non-hydrogen) atoms. The molecule has 1 saturated carbocycles. The molecule has 0 amide bonds. The fraction of sp³-hybridized carbons (Fsp3) is 0.581. The summed E-state index contributed by atoms with van der Waals surface area (Å²) in [5.41, 5.74) is 7.18. The van der Waals surface area contributed by atoms with Crippen LogP contribution >= 0.6 is 11.6 Å². The fourth-order valence-electron chi connectivity index (χ4n) is 5.86. The summed E-state index contributed by atoms with van der Waals surface area (Å²) in [6.07, 6.45) is 4.69. The monoisotopic (exact) mass is 645 g/mol. The van der Waals surface area contributed by atoms with E-state index in [1.165, 1.54) is 10.6 Å². The standard InChI is InChI=1S/C31H44ClN7O4S/c1-21-16-23(21)19-38(14-15-42-4)26-17-25(29-35-36-30(43-29)31(2,33)18-22-10-7-6-8-11-22)27(32)28(34-26)39(44(5,40)41)20-24-12-9-13-37(24)3/h6-8,10-11,17,21,23-24H,9,12-16,18-20,33H2,1-5H3/t21?,23?,24-,31+/m0/s1. The van der Waals surface area contributed by atoms with E-state index in [0.717, 1.165) is 37.9 Å². The van der Waals surface area contributed by atoms with Gasteiger partial charge in [0.15, 0.2) is 5.82 Å². The van der Waals surface area contributed by atoms with Crippen LogP contribution in [0.4, 0.5) is 11.6 Å². The molecule has 1 aliphatic heterocycles. The van der Waals surface area contributed by atoms with Gasteiger partial charge in [0.1, 0.15) is 5.82 Å². The van der Waals surface area contributed by atoms with Crippen LogP contribution in [0.1, 0.15) is 44.6 Å². The molecule has 2 aliphatic rings. The van der Waals surface area contributed by atoms with Crippen LogP contribution in [0.15, 0.2) is 40.8 Å². The highest BCUT2D eigenvalue weighted by atomic mass is 35.5. The van der Waals surface area contributed by atoms with Crippen LogP contribution in [0.3, 0.4) is 0 Å². The number of methoxy groups -OCH3 is 1. The Morgan fingerprint density at radius 3 is 2.57 bits per heavy atom. The lowest BCUT2D eigenvalue weighted by molar-refractivity contribution is 0.204. The number of hydrogen-bond acceptors (Lipinski definition) is 10. The van der Waals surface area contributed by atoms with Crippen molar-refractivity contribution < 1.29 is 17.6 Å². The molecule has 1 aromatic carbocycles. The first kappa shape index (κ1) is 32.6. The maximum atomic E-state index is 13.3. The molecule has 0 bridgehead atoms. The van der Waals surface area contributed by atoms with Crippen molar-refractivity contribution in [1.29, 1.82) is 0 Å². The normalized spacial score (nSPS) is 21.8. The van der Waals surface area contributed by atoms with Gasteiger partial charge in [0.25, 0.3) is 0 Å². The van der Waals surface area contributed by atoms with Gasteiger partial charge in [0, 0.05) is 26.2 Å². The highest BCUT2D eigenvalue weighted by Crippen LogP contribution is 2.42. The highest BCUT2D eigenvalue weighted by molar-refractivity contribution is 7.92. The summed E-state index contributed by atoms with van der Waals surface area (Å²) in [6, 6.07) is 11.7. The first-order valence-corrected chi connectivity index (χ1v) is 17.4. The number of likely N-dealkylation sites (tertiary alicyclic amines) is 1. The Balaban J connectivity index is 1.59. The maximum absolute atomic E-state index is 13.3. The van der Waals surface area contributed by atoms with Crippen molar-refractivity contribution in [3.63, 3.8) is 0 Å². The second-order valence-electron chi connectivity index (χ2n) is 12.6. The second kappa shape index (κ2) is 13.3. The summed E-state index contributed by atoms with van der Waals surface area (Å²) in [7, 11) is -0.0810. The van der Waals surface area contributed by atoms with Gasteiger partial charge in [-0.15, -0.1) is 10.2 Å². The molecule has 0 radical (unpaired) electrons. The minimum Gasteiger partial charge on any atom is -0.419 e. The zero-order chi connectivity index (χ0) is 31.6. The van der Waals surface area contributed by atoms with Gasteiger partial charge >= 0.3 is 0 Å². The largest absolute Gasteiger partial charge is 0.419 e. The van der Waals surface area contributed by atoms with Crippen LogP contribution in [-0.2, 0) is 26.7 Å². The van der Waals surface area contributed by atoms with Crippen molar-refractivity contribution in [2.24, 2.45) is 17.6 Å². The minimum atomic E-state index is -3.75. The lowest BCUT2D eigenvalue weighted by Crippen LogP contribution is -2.42. The molecule has 1 aliphatic carbocycles. The van der Waals surface area contributed by atoms with E-state index < -0.39 is 15.6 Å². The van der Waals surface area contributed by atoms with Crippen LogP contribution in [-0.4, -0.2) is 87.7 Å². The maximum Gasteiger partial charge on any atom is 0.249 e. The lowest BCUT2D eigenvalue weighted by atomic mass is 9.94. The number of sulfonamides is 1. The smallest absolute Gasteiger partial charge is 0.249 e. The number of aromatic nitrogens is 3. The van der Waals surface area contributed by atoms with Crippen LogP contribution in [0.2, 0.25) is 5.02 Å². The number of nitrogens with two attached hydrogens (primary N) is 1. The van der Waals surface area contributed by atoms with Gasteiger partial charge in [-0.25, -0.2) is 13.4 Å². The van der Waals surface area contributed by atoms with E-state index in [0.29, 0.717) is 42.8 Å². The average Bonchev–Trinajstić information content (AvgIpc) is 3.30. The third-order valence-corrected chi connectivity index (χ3v) is 10.3. The number of halogens is 1. The number of hydrogen-bond donors (Lipinski definition) is 1.